The van der Waals surface area contributed by atoms with Crippen molar-refractivity contribution in [3.8, 4) is 11.5 Å². The van der Waals surface area contributed by atoms with Crippen molar-refractivity contribution in [1.29, 1.82) is 0 Å². The molecule has 0 saturated heterocycles. The molecule has 3 rings (SSSR count). The number of hydrogen-bond acceptors (Lipinski definition) is 5. The van der Waals surface area contributed by atoms with Crippen molar-refractivity contribution in [2.24, 2.45) is 0 Å². The van der Waals surface area contributed by atoms with Crippen LogP contribution in [0.5, 0.6) is 11.5 Å². The Morgan fingerprint density at radius 2 is 0.864 bits per heavy atom. The SMILES string of the molecule is Cc1cc2c(c(C(C)(C)C)c1)OP(OCC(F)(F)F)(OCC(F)(F)F)(OCC(F)(F)F)Oc1c(cc(C)cc1C(C)(C)C)C2. The molecular formula is C29H36F9O5P. The molecule has 0 saturated carbocycles. The first-order chi connectivity index (χ1) is 19.6. The molecular weight excluding hydrogens is 630 g/mol. The first-order valence-corrected chi connectivity index (χ1v) is 15.3. The second-order valence-electron chi connectivity index (χ2n) is 12.9. The number of alkyl halides is 9. The molecule has 1 aliphatic rings. The molecule has 0 spiro atoms. The van der Waals surface area contributed by atoms with Crippen LogP contribution in [-0.2, 0) is 30.8 Å². The summed E-state index contributed by atoms with van der Waals surface area (Å²) in [5, 5.41) is 0. The second kappa shape index (κ2) is 11.5. The van der Waals surface area contributed by atoms with E-state index in [-0.39, 0.29) is 40.2 Å². The topological polar surface area (TPSA) is 46.2 Å². The predicted molar refractivity (Wildman–Crippen MR) is 147 cm³/mol. The molecule has 250 valence electrons. The van der Waals surface area contributed by atoms with Gasteiger partial charge in [-0.15, -0.1) is 0 Å². The summed E-state index contributed by atoms with van der Waals surface area (Å²) >= 11 is 0. The van der Waals surface area contributed by atoms with E-state index in [1.54, 1.807) is 79.7 Å². The third-order valence-corrected chi connectivity index (χ3v) is 9.03. The van der Waals surface area contributed by atoms with Crippen molar-refractivity contribution in [1.82, 2.24) is 0 Å². The van der Waals surface area contributed by atoms with E-state index in [0.29, 0.717) is 11.1 Å². The van der Waals surface area contributed by atoms with Gasteiger partial charge in [-0.2, -0.15) is 0 Å². The van der Waals surface area contributed by atoms with Crippen molar-refractivity contribution in [2.45, 2.75) is 91.2 Å². The summed E-state index contributed by atoms with van der Waals surface area (Å²) in [4.78, 5) is 0. The maximum absolute atomic E-state index is 13.7. The van der Waals surface area contributed by atoms with Crippen LogP contribution in [-0.4, -0.2) is 38.3 Å². The van der Waals surface area contributed by atoms with E-state index in [4.69, 9.17) is 22.6 Å². The van der Waals surface area contributed by atoms with Crippen LogP contribution < -0.4 is 9.05 Å². The summed E-state index contributed by atoms with van der Waals surface area (Å²) < 4.78 is 150. The number of fused-ring (bicyclic) bond motifs is 2. The van der Waals surface area contributed by atoms with Crippen LogP contribution in [0, 0.1) is 13.8 Å². The predicted octanol–water partition coefficient (Wildman–Crippen LogP) is 10.1. The quantitative estimate of drug-likeness (QED) is 0.227. The second-order valence-corrected chi connectivity index (χ2v) is 15.5. The van der Waals surface area contributed by atoms with Crippen molar-refractivity contribution >= 4 is 7.74 Å². The van der Waals surface area contributed by atoms with Crippen molar-refractivity contribution in [3.05, 3.63) is 57.6 Å². The van der Waals surface area contributed by atoms with E-state index in [0.717, 1.165) is 0 Å². The van der Waals surface area contributed by atoms with Crippen molar-refractivity contribution in [3.63, 3.8) is 0 Å². The van der Waals surface area contributed by atoms with Gasteiger partial charge in [0.2, 0.25) is 0 Å². The minimum atomic E-state index is -7.09. The fraction of sp³-hybridized carbons (Fsp3) is 0.586. The van der Waals surface area contributed by atoms with Crippen LogP contribution in [0.3, 0.4) is 0 Å². The summed E-state index contributed by atoms with van der Waals surface area (Å²) in [5.41, 5.74) is 0.458. The Hall–Kier alpha value is -2.28. The Bertz CT molecular complexity index is 1250. The maximum atomic E-state index is 13.7. The average Bonchev–Trinajstić information content (AvgIpc) is 2.80. The van der Waals surface area contributed by atoms with Crippen LogP contribution >= 0.6 is 7.74 Å². The van der Waals surface area contributed by atoms with Gasteiger partial charge in [0.15, 0.2) is 0 Å². The van der Waals surface area contributed by atoms with Crippen LogP contribution in [0.25, 0.3) is 0 Å². The molecule has 2 aromatic carbocycles. The van der Waals surface area contributed by atoms with E-state index in [2.05, 4.69) is 0 Å². The molecule has 0 fully saturated rings. The number of rotatable bonds is 6. The number of hydrogen-bond donors (Lipinski definition) is 0. The third-order valence-electron chi connectivity index (χ3n) is 6.42. The van der Waals surface area contributed by atoms with Crippen LogP contribution in [0.15, 0.2) is 24.3 Å². The van der Waals surface area contributed by atoms with Gasteiger partial charge >= 0.3 is 250 Å². The van der Waals surface area contributed by atoms with Gasteiger partial charge in [0.1, 0.15) is 0 Å². The molecule has 0 bridgehead atoms. The summed E-state index contributed by atoms with van der Waals surface area (Å²) in [5.74, 6) is -0.728. The van der Waals surface area contributed by atoms with E-state index in [9.17, 15) is 39.5 Å². The standard InChI is InChI=1S/C29H36F9O5P/c1-17-9-19-13-20-10-18(2)12-22(26(6,7)8)24(20)43-44(39-14-27(30,31)32,40-15-28(33,34)35,41-16-29(36,37)38)42-23(19)21(11-17)25(3,4)5/h9-12H,13-16H2,1-8H3. The molecule has 44 heavy (non-hydrogen) atoms. The zero-order chi connectivity index (χ0) is 33.8. The van der Waals surface area contributed by atoms with Crippen LogP contribution in [0.4, 0.5) is 39.5 Å². The van der Waals surface area contributed by atoms with E-state index < -0.39 is 56.9 Å². The third kappa shape index (κ3) is 8.92. The van der Waals surface area contributed by atoms with Crippen molar-refractivity contribution < 1.29 is 62.1 Å². The van der Waals surface area contributed by atoms with Gasteiger partial charge in [0.25, 0.3) is 0 Å². The van der Waals surface area contributed by atoms with E-state index in [1.807, 2.05) is 0 Å². The van der Waals surface area contributed by atoms with Crippen LogP contribution in [0.1, 0.15) is 74.9 Å². The Morgan fingerprint density at radius 1 is 0.568 bits per heavy atom. The van der Waals surface area contributed by atoms with E-state index >= 15 is 0 Å². The molecule has 15 heteroatoms. The van der Waals surface area contributed by atoms with Gasteiger partial charge in [-0.3, -0.25) is 0 Å². The average molecular weight is 667 g/mol. The summed E-state index contributed by atoms with van der Waals surface area (Å²) in [6.07, 6.45) is -15.9. The first kappa shape index (κ1) is 36.2. The van der Waals surface area contributed by atoms with Gasteiger partial charge in [-0.1, -0.05) is 0 Å². The fourth-order valence-electron chi connectivity index (χ4n) is 4.62. The summed E-state index contributed by atoms with van der Waals surface area (Å²) in [6.45, 7) is 6.25. The molecule has 5 nitrogen and oxygen atoms in total. The molecule has 2 aromatic rings. The Kier molecular flexibility index (Phi) is 9.46. The van der Waals surface area contributed by atoms with Crippen LogP contribution in [0.2, 0.25) is 0 Å². The molecule has 0 N–H and O–H groups in total. The van der Waals surface area contributed by atoms with Gasteiger partial charge in [-0.05, 0) is 0 Å². The summed E-state index contributed by atoms with van der Waals surface area (Å²) in [7, 11) is -7.09. The van der Waals surface area contributed by atoms with Crippen molar-refractivity contribution in [2.75, 3.05) is 19.8 Å². The first-order valence-electron chi connectivity index (χ1n) is 13.5. The fourth-order valence-corrected chi connectivity index (χ4v) is 7.29. The minimum absolute atomic E-state index is 0.00943. The monoisotopic (exact) mass is 666 g/mol. The molecule has 0 aliphatic carbocycles. The number of aryl methyl sites for hydroxylation is 2. The Morgan fingerprint density at radius 3 is 1.11 bits per heavy atom. The Labute approximate surface area is 250 Å². The molecule has 0 atom stereocenters. The zero-order valence-electron chi connectivity index (χ0n) is 25.5. The molecule has 1 heterocycles. The Balaban J connectivity index is 2.59. The van der Waals surface area contributed by atoms with Gasteiger partial charge in [0, 0.05) is 0 Å². The van der Waals surface area contributed by atoms with Gasteiger partial charge in [0.05, 0.1) is 0 Å². The molecule has 1 aliphatic heterocycles. The number of benzene rings is 2. The molecule has 0 unspecified atom stereocenters. The summed E-state index contributed by atoms with van der Waals surface area (Å²) in [6, 6.07) is 6.26. The van der Waals surface area contributed by atoms with E-state index in [1.165, 1.54) is 0 Å². The number of halogens is 9. The molecule has 0 radical (unpaired) electrons. The normalized spacial score (nSPS) is 18.1. The molecule has 0 aromatic heterocycles. The zero-order valence-corrected chi connectivity index (χ0v) is 26.4. The molecule has 0 amide bonds. The van der Waals surface area contributed by atoms with Gasteiger partial charge in [-0.25, -0.2) is 0 Å². The van der Waals surface area contributed by atoms with Gasteiger partial charge < -0.3 is 0 Å².